The Labute approximate surface area is 97.3 Å². The molecule has 0 saturated carbocycles. The highest BCUT2D eigenvalue weighted by atomic mass is 16.5. The van der Waals surface area contributed by atoms with Crippen LogP contribution in [0.5, 0.6) is 0 Å². The minimum Gasteiger partial charge on any atom is -0.375 e. The van der Waals surface area contributed by atoms with Crippen LogP contribution in [0.2, 0.25) is 0 Å². The van der Waals surface area contributed by atoms with E-state index in [0.29, 0.717) is 24.9 Å². The van der Waals surface area contributed by atoms with E-state index in [1.807, 2.05) is 4.90 Å². The fourth-order valence-electron chi connectivity index (χ4n) is 2.46. The number of nitrogens with zero attached hydrogens (tertiary/aromatic N) is 1. The van der Waals surface area contributed by atoms with Crippen LogP contribution in [0.4, 0.5) is 0 Å². The number of hydrogen-bond donors (Lipinski definition) is 1. The number of amides is 1. The molecule has 1 amide bonds. The molecule has 0 aromatic rings. The van der Waals surface area contributed by atoms with E-state index in [4.69, 9.17) is 4.74 Å². The minimum atomic E-state index is 0.249. The number of carbonyl (C=O) groups is 1. The average Bonchev–Trinajstić information content (AvgIpc) is 2.82. The molecule has 2 fully saturated rings. The molecule has 2 rings (SSSR count). The van der Waals surface area contributed by atoms with E-state index >= 15 is 0 Å². The van der Waals surface area contributed by atoms with Crippen LogP contribution in [0.3, 0.4) is 0 Å². The van der Waals surface area contributed by atoms with Crippen molar-refractivity contribution in [2.24, 2.45) is 5.92 Å². The van der Waals surface area contributed by atoms with Crippen molar-refractivity contribution in [3.63, 3.8) is 0 Å². The number of nitrogens with one attached hydrogen (secondary N) is 1. The summed E-state index contributed by atoms with van der Waals surface area (Å²) in [5.41, 5.74) is 0. The number of hydrogen-bond acceptors (Lipinski definition) is 3. The van der Waals surface area contributed by atoms with Crippen LogP contribution in [0, 0.1) is 5.92 Å². The second-order valence-electron chi connectivity index (χ2n) is 4.80. The second kappa shape index (κ2) is 5.64. The molecular formula is C12H22N2O2. The summed E-state index contributed by atoms with van der Waals surface area (Å²) in [6, 6.07) is 0. The zero-order valence-electron chi connectivity index (χ0n) is 10.1. The SMILES string of the molecule is CCC1CN(C(=O)CC2CCNC2)CCO1. The van der Waals surface area contributed by atoms with Crippen LogP contribution in [0.1, 0.15) is 26.2 Å². The summed E-state index contributed by atoms with van der Waals surface area (Å²) in [5.74, 6) is 0.867. The van der Waals surface area contributed by atoms with Crippen LogP contribution in [-0.4, -0.2) is 49.7 Å². The maximum absolute atomic E-state index is 12.1. The van der Waals surface area contributed by atoms with Gasteiger partial charge in [-0.1, -0.05) is 6.92 Å². The zero-order chi connectivity index (χ0) is 11.4. The highest BCUT2D eigenvalue weighted by Crippen LogP contribution is 2.16. The quantitative estimate of drug-likeness (QED) is 0.767. The third-order valence-electron chi connectivity index (χ3n) is 3.57. The van der Waals surface area contributed by atoms with Crippen LogP contribution < -0.4 is 5.32 Å². The third-order valence-corrected chi connectivity index (χ3v) is 3.57. The normalized spacial score (nSPS) is 30.7. The van der Waals surface area contributed by atoms with Crippen molar-refractivity contribution in [3.05, 3.63) is 0 Å². The highest BCUT2D eigenvalue weighted by Gasteiger charge is 2.26. The topological polar surface area (TPSA) is 41.6 Å². The van der Waals surface area contributed by atoms with Crippen molar-refractivity contribution in [3.8, 4) is 0 Å². The molecule has 2 aliphatic rings. The minimum absolute atomic E-state index is 0.249. The first kappa shape index (κ1) is 11.9. The highest BCUT2D eigenvalue weighted by molar-refractivity contribution is 5.76. The molecule has 16 heavy (non-hydrogen) atoms. The predicted octanol–water partition coefficient (Wildman–Crippen LogP) is 0.623. The number of carbonyl (C=O) groups excluding carboxylic acids is 1. The molecule has 1 N–H and O–H groups in total. The van der Waals surface area contributed by atoms with Gasteiger partial charge in [0.15, 0.2) is 0 Å². The van der Waals surface area contributed by atoms with Gasteiger partial charge in [0.1, 0.15) is 0 Å². The first-order valence-corrected chi connectivity index (χ1v) is 6.39. The first-order chi connectivity index (χ1) is 7.79. The van der Waals surface area contributed by atoms with Crippen molar-refractivity contribution in [2.45, 2.75) is 32.3 Å². The van der Waals surface area contributed by atoms with E-state index in [-0.39, 0.29) is 6.10 Å². The smallest absolute Gasteiger partial charge is 0.223 e. The summed E-state index contributed by atoms with van der Waals surface area (Å²) in [7, 11) is 0. The summed E-state index contributed by atoms with van der Waals surface area (Å²) in [6.07, 6.45) is 3.10. The number of ether oxygens (including phenoxy) is 1. The van der Waals surface area contributed by atoms with E-state index < -0.39 is 0 Å². The summed E-state index contributed by atoms with van der Waals surface area (Å²) in [6.45, 7) is 6.45. The van der Waals surface area contributed by atoms with Crippen LogP contribution in [0.15, 0.2) is 0 Å². The van der Waals surface area contributed by atoms with Crippen LogP contribution in [0.25, 0.3) is 0 Å². The average molecular weight is 226 g/mol. The molecule has 0 radical (unpaired) electrons. The monoisotopic (exact) mass is 226 g/mol. The summed E-state index contributed by atoms with van der Waals surface area (Å²) in [5, 5.41) is 3.31. The second-order valence-corrected chi connectivity index (χ2v) is 4.80. The van der Waals surface area contributed by atoms with E-state index in [2.05, 4.69) is 12.2 Å². The van der Waals surface area contributed by atoms with E-state index in [9.17, 15) is 4.79 Å². The van der Waals surface area contributed by atoms with Crippen molar-refractivity contribution in [1.82, 2.24) is 10.2 Å². The Hall–Kier alpha value is -0.610. The van der Waals surface area contributed by atoms with Gasteiger partial charge >= 0.3 is 0 Å². The molecule has 4 nitrogen and oxygen atoms in total. The van der Waals surface area contributed by atoms with Gasteiger partial charge < -0.3 is 15.0 Å². The maximum atomic E-state index is 12.1. The molecule has 4 heteroatoms. The lowest BCUT2D eigenvalue weighted by molar-refractivity contribution is -0.139. The number of morpholine rings is 1. The Morgan fingerprint density at radius 3 is 3.12 bits per heavy atom. The molecule has 2 aliphatic heterocycles. The van der Waals surface area contributed by atoms with Gasteiger partial charge in [0.2, 0.25) is 5.91 Å². The molecule has 0 aromatic carbocycles. The molecule has 92 valence electrons. The van der Waals surface area contributed by atoms with Crippen molar-refractivity contribution in [1.29, 1.82) is 0 Å². The van der Waals surface area contributed by atoms with E-state index in [1.54, 1.807) is 0 Å². The van der Waals surface area contributed by atoms with Gasteiger partial charge in [-0.2, -0.15) is 0 Å². The van der Waals surface area contributed by atoms with Crippen molar-refractivity contribution < 1.29 is 9.53 Å². The fourth-order valence-corrected chi connectivity index (χ4v) is 2.46. The van der Waals surface area contributed by atoms with Gasteiger partial charge in [-0.05, 0) is 31.8 Å². The standard InChI is InChI=1S/C12H22N2O2/c1-2-11-9-14(5-6-16-11)12(15)7-10-3-4-13-8-10/h10-11,13H,2-9H2,1H3. The Balaban J connectivity index is 1.79. The molecule has 2 heterocycles. The molecule has 0 bridgehead atoms. The van der Waals surface area contributed by atoms with Gasteiger partial charge in [0, 0.05) is 19.5 Å². The maximum Gasteiger partial charge on any atom is 0.223 e. The fraction of sp³-hybridized carbons (Fsp3) is 0.917. The lowest BCUT2D eigenvalue weighted by Gasteiger charge is -2.33. The molecule has 0 aromatic heterocycles. The molecule has 0 aliphatic carbocycles. The Morgan fingerprint density at radius 1 is 1.56 bits per heavy atom. The van der Waals surface area contributed by atoms with Crippen LogP contribution in [-0.2, 0) is 9.53 Å². The molecule has 2 saturated heterocycles. The van der Waals surface area contributed by atoms with Gasteiger partial charge in [0.05, 0.1) is 12.7 Å². The van der Waals surface area contributed by atoms with Crippen LogP contribution >= 0.6 is 0 Å². The summed E-state index contributed by atoms with van der Waals surface area (Å²) in [4.78, 5) is 14.0. The van der Waals surface area contributed by atoms with E-state index in [0.717, 1.165) is 39.0 Å². The van der Waals surface area contributed by atoms with Gasteiger partial charge in [-0.3, -0.25) is 4.79 Å². The lowest BCUT2D eigenvalue weighted by atomic mass is 10.0. The molecule has 2 unspecified atom stereocenters. The Kier molecular flexibility index (Phi) is 4.18. The number of rotatable bonds is 3. The Bertz CT molecular complexity index is 239. The molecule has 2 atom stereocenters. The zero-order valence-corrected chi connectivity index (χ0v) is 10.1. The van der Waals surface area contributed by atoms with Crippen molar-refractivity contribution in [2.75, 3.05) is 32.8 Å². The molecule has 0 spiro atoms. The van der Waals surface area contributed by atoms with Gasteiger partial charge in [0.25, 0.3) is 0 Å². The summed E-state index contributed by atoms with van der Waals surface area (Å²) >= 11 is 0. The predicted molar refractivity (Wildman–Crippen MR) is 62.2 cm³/mol. The Morgan fingerprint density at radius 2 is 2.44 bits per heavy atom. The van der Waals surface area contributed by atoms with Gasteiger partial charge in [-0.15, -0.1) is 0 Å². The molecular weight excluding hydrogens is 204 g/mol. The van der Waals surface area contributed by atoms with Gasteiger partial charge in [-0.25, -0.2) is 0 Å². The first-order valence-electron chi connectivity index (χ1n) is 6.39. The van der Waals surface area contributed by atoms with E-state index in [1.165, 1.54) is 0 Å². The third kappa shape index (κ3) is 2.95. The summed E-state index contributed by atoms with van der Waals surface area (Å²) < 4.78 is 5.57. The van der Waals surface area contributed by atoms with Crippen molar-refractivity contribution >= 4 is 5.91 Å². The largest absolute Gasteiger partial charge is 0.375 e. The lowest BCUT2D eigenvalue weighted by Crippen LogP contribution is -2.45.